The lowest BCUT2D eigenvalue weighted by Crippen LogP contribution is -2.40. The van der Waals surface area contributed by atoms with Crippen molar-refractivity contribution in [1.82, 2.24) is 10.2 Å². The van der Waals surface area contributed by atoms with E-state index in [1.807, 2.05) is 13.8 Å². The number of amides is 1. The molecule has 1 amide bonds. The van der Waals surface area contributed by atoms with Crippen LogP contribution in [0.15, 0.2) is 12.3 Å². The Labute approximate surface area is 83.1 Å². The first kappa shape index (κ1) is 10.7. The molecule has 5 heteroatoms. The number of aromatic amines is 1. The third kappa shape index (κ3) is 2.56. The Morgan fingerprint density at radius 2 is 2.50 bits per heavy atom. The number of nitrogens with two attached hydrogens (primary N) is 1. The second-order valence-electron chi connectivity index (χ2n) is 3.37. The monoisotopic (exact) mass is 196 g/mol. The number of hydrogen-bond donors (Lipinski definition) is 3. The Morgan fingerprint density at radius 3 is 3.00 bits per heavy atom. The molecule has 1 aromatic heterocycles. The van der Waals surface area contributed by atoms with Gasteiger partial charge in [0.15, 0.2) is 0 Å². The standard InChI is InChI=1S/C9H16N4O/c1-3-6(2)8(10)9(14)12-7-4-5-11-13-7/h4-6,8H,3,10H2,1-2H3,(H2,11,12,13,14)/t6?,8-/m0/s1. The van der Waals surface area contributed by atoms with Crippen LogP contribution < -0.4 is 11.1 Å². The van der Waals surface area contributed by atoms with E-state index in [1.54, 1.807) is 12.3 Å². The molecule has 0 aliphatic heterocycles. The van der Waals surface area contributed by atoms with Crippen molar-refractivity contribution < 1.29 is 4.79 Å². The minimum absolute atomic E-state index is 0.177. The largest absolute Gasteiger partial charge is 0.320 e. The fourth-order valence-electron chi connectivity index (χ4n) is 1.05. The van der Waals surface area contributed by atoms with Gasteiger partial charge in [-0.15, -0.1) is 0 Å². The predicted octanol–water partition coefficient (Wildman–Crippen LogP) is 0.722. The zero-order chi connectivity index (χ0) is 10.6. The van der Waals surface area contributed by atoms with E-state index in [0.717, 1.165) is 6.42 Å². The van der Waals surface area contributed by atoms with Crippen LogP contribution in [0.5, 0.6) is 0 Å². The summed E-state index contributed by atoms with van der Waals surface area (Å²) in [5, 5.41) is 9.02. The molecule has 14 heavy (non-hydrogen) atoms. The van der Waals surface area contributed by atoms with Crippen LogP contribution in [0.3, 0.4) is 0 Å². The van der Waals surface area contributed by atoms with Crippen LogP contribution in [0.1, 0.15) is 20.3 Å². The molecule has 78 valence electrons. The fraction of sp³-hybridized carbons (Fsp3) is 0.556. The Bertz CT molecular complexity index is 283. The SMILES string of the molecule is CCC(C)[C@H](N)C(=O)Nc1ccn[nH]1. The molecular formula is C9H16N4O. The van der Waals surface area contributed by atoms with Gasteiger partial charge in [0.2, 0.25) is 5.91 Å². The van der Waals surface area contributed by atoms with Crippen LogP contribution in [0.2, 0.25) is 0 Å². The van der Waals surface area contributed by atoms with Crippen LogP contribution in [0.25, 0.3) is 0 Å². The number of anilines is 1. The summed E-state index contributed by atoms with van der Waals surface area (Å²) in [5.41, 5.74) is 5.74. The van der Waals surface area contributed by atoms with Gasteiger partial charge in [0.1, 0.15) is 5.82 Å². The maximum Gasteiger partial charge on any atom is 0.242 e. The van der Waals surface area contributed by atoms with E-state index in [0.29, 0.717) is 5.82 Å². The molecule has 0 spiro atoms. The molecular weight excluding hydrogens is 180 g/mol. The highest BCUT2D eigenvalue weighted by Gasteiger charge is 2.19. The molecule has 1 heterocycles. The number of carbonyl (C=O) groups excluding carboxylic acids is 1. The molecule has 5 nitrogen and oxygen atoms in total. The third-order valence-corrected chi connectivity index (χ3v) is 2.32. The summed E-state index contributed by atoms with van der Waals surface area (Å²) in [6.07, 6.45) is 2.46. The zero-order valence-corrected chi connectivity index (χ0v) is 8.45. The summed E-state index contributed by atoms with van der Waals surface area (Å²) < 4.78 is 0. The summed E-state index contributed by atoms with van der Waals surface area (Å²) in [6, 6.07) is 1.21. The molecule has 0 aromatic carbocycles. The van der Waals surface area contributed by atoms with E-state index in [2.05, 4.69) is 15.5 Å². The van der Waals surface area contributed by atoms with E-state index in [-0.39, 0.29) is 11.8 Å². The Morgan fingerprint density at radius 1 is 1.79 bits per heavy atom. The van der Waals surface area contributed by atoms with Gasteiger partial charge < -0.3 is 11.1 Å². The van der Waals surface area contributed by atoms with Gasteiger partial charge >= 0.3 is 0 Å². The van der Waals surface area contributed by atoms with Crippen molar-refractivity contribution in [2.24, 2.45) is 11.7 Å². The van der Waals surface area contributed by atoms with Gasteiger partial charge in [-0.1, -0.05) is 20.3 Å². The highest BCUT2D eigenvalue weighted by Crippen LogP contribution is 2.07. The van der Waals surface area contributed by atoms with E-state index in [4.69, 9.17) is 5.73 Å². The number of rotatable bonds is 4. The number of nitrogens with zero attached hydrogens (tertiary/aromatic N) is 1. The molecule has 0 fully saturated rings. The second kappa shape index (κ2) is 4.76. The molecule has 0 saturated carbocycles. The van der Waals surface area contributed by atoms with Crippen molar-refractivity contribution in [2.75, 3.05) is 5.32 Å². The number of hydrogen-bond acceptors (Lipinski definition) is 3. The van der Waals surface area contributed by atoms with E-state index in [9.17, 15) is 4.79 Å². The van der Waals surface area contributed by atoms with Crippen LogP contribution in [0, 0.1) is 5.92 Å². The number of aromatic nitrogens is 2. The number of carbonyl (C=O) groups is 1. The lowest BCUT2D eigenvalue weighted by atomic mass is 9.99. The molecule has 1 unspecified atom stereocenters. The highest BCUT2D eigenvalue weighted by atomic mass is 16.2. The maximum atomic E-state index is 11.5. The number of H-pyrrole nitrogens is 1. The Kier molecular flexibility index (Phi) is 3.64. The van der Waals surface area contributed by atoms with Crippen LogP contribution >= 0.6 is 0 Å². The lowest BCUT2D eigenvalue weighted by molar-refractivity contribution is -0.118. The average molecular weight is 196 g/mol. The summed E-state index contributed by atoms with van der Waals surface area (Å²) in [7, 11) is 0. The van der Waals surface area contributed by atoms with Crippen molar-refractivity contribution in [2.45, 2.75) is 26.3 Å². The van der Waals surface area contributed by atoms with Gasteiger partial charge in [0, 0.05) is 6.07 Å². The molecule has 0 radical (unpaired) electrons. The topological polar surface area (TPSA) is 83.8 Å². The number of nitrogens with one attached hydrogen (secondary N) is 2. The van der Waals surface area contributed by atoms with Gasteiger partial charge in [-0.3, -0.25) is 9.89 Å². The minimum atomic E-state index is -0.469. The van der Waals surface area contributed by atoms with Gasteiger partial charge in [-0.05, 0) is 5.92 Å². The molecule has 2 atom stereocenters. The van der Waals surface area contributed by atoms with Gasteiger partial charge in [0.05, 0.1) is 12.2 Å². The summed E-state index contributed by atoms with van der Waals surface area (Å²) in [6.45, 7) is 3.96. The average Bonchev–Trinajstić information content (AvgIpc) is 2.68. The first-order valence-corrected chi connectivity index (χ1v) is 4.71. The van der Waals surface area contributed by atoms with Crippen molar-refractivity contribution in [3.05, 3.63) is 12.3 Å². The van der Waals surface area contributed by atoms with E-state index < -0.39 is 6.04 Å². The minimum Gasteiger partial charge on any atom is -0.320 e. The fourth-order valence-corrected chi connectivity index (χ4v) is 1.05. The molecule has 0 aliphatic carbocycles. The molecule has 4 N–H and O–H groups in total. The highest BCUT2D eigenvalue weighted by molar-refractivity contribution is 5.93. The zero-order valence-electron chi connectivity index (χ0n) is 8.45. The maximum absolute atomic E-state index is 11.5. The molecule has 0 bridgehead atoms. The van der Waals surface area contributed by atoms with E-state index >= 15 is 0 Å². The van der Waals surface area contributed by atoms with Gasteiger partial charge in [-0.2, -0.15) is 5.10 Å². The molecule has 1 rings (SSSR count). The lowest BCUT2D eigenvalue weighted by Gasteiger charge is -2.16. The third-order valence-electron chi connectivity index (χ3n) is 2.32. The van der Waals surface area contributed by atoms with Crippen molar-refractivity contribution in [3.8, 4) is 0 Å². The van der Waals surface area contributed by atoms with Crippen molar-refractivity contribution >= 4 is 11.7 Å². The smallest absolute Gasteiger partial charge is 0.242 e. The van der Waals surface area contributed by atoms with Crippen molar-refractivity contribution in [1.29, 1.82) is 0 Å². The molecule has 1 aromatic rings. The molecule has 0 aliphatic rings. The summed E-state index contributed by atoms with van der Waals surface area (Å²) in [4.78, 5) is 11.5. The van der Waals surface area contributed by atoms with Crippen molar-refractivity contribution in [3.63, 3.8) is 0 Å². The predicted molar refractivity (Wildman–Crippen MR) is 54.6 cm³/mol. The molecule has 0 saturated heterocycles. The van der Waals surface area contributed by atoms with E-state index in [1.165, 1.54) is 0 Å². The van der Waals surface area contributed by atoms with Gasteiger partial charge in [-0.25, -0.2) is 0 Å². The summed E-state index contributed by atoms with van der Waals surface area (Å²) in [5.74, 6) is 0.579. The first-order valence-electron chi connectivity index (χ1n) is 4.71. The Balaban J connectivity index is 2.50. The normalized spacial score (nSPS) is 14.8. The second-order valence-corrected chi connectivity index (χ2v) is 3.37. The first-order chi connectivity index (χ1) is 6.65. The van der Waals surface area contributed by atoms with Crippen LogP contribution in [-0.4, -0.2) is 22.1 Å². The Hall–Kier alpha value is -1.36. The summed E-state index contributed by atoms with van der Waals surface area (Å²) >= 11 is 0. The van der Waals surface area contributed by atoms with Crippen LogP contribution in [-0.2, 0) is 4.79 Å². The quantitative estimate of drug-likeness (QED) is 0.663. The van der Waals surface area contributed by atoms with Crippen LogP contribution in [0.4, 0.5) is 5.82 Å². The van der Waals surface area contributed by atoms with Gasteiger partial charge in [0.25, 0.3) is 0 Å².